The summed E-state index contributed by atoms with van der Waals surface area (Å²) >= 11 is 0. The molecule has 0 atom stereocenters. The number of carbonyl (C=O) groups excluding carboxylic acids is 1. The summed E-state index contributed by atoms with van der Waals surface area (Å²) in [5.74, 6) is -8.68. The summed E-state index contributed by atoms with van der Waals surface area (Å²) in [6.45, 7) is 1.75. The van der Waals surface area contributed by atoms with E-state index in [0.717, 1.165) is 11.5 Å². The Morgan fingerprint density at radius 1 is 1.12 bits per heavy atom. The molecule has 24 heavy (non-hydrogen) atoms. The van der Waals surface area contributed by atoms with E-state index in [1.165, 1.54) is 12.1 Å². The second-order valence-corrected chi connectivity index (χ2v) is 5.11. The van der Waals surface area contributed by atoms with E-state index < -0.39 is 23.8 Å². The van der Waals surface area contributed by atoms with E-state index >= 15 is 0 Å². The maximum absolute atomic E-state index is 12.9. The van der Waals surface area contributed by atoms with Gasteiger partial charge in [0.05, 0.1) is 16.7 Å². The van der Waals surface area contributed by atoms with E-state index in [4.69, 9.17) is 0 Å². The summed E-state index contributed by atoms with van der Waals surface area (Å²) in [5, 5.41) is 1.49. The van der Waals surface area contributed by atoms with Gasteiger partial charge in [0.2, 0.25) is 0 Å². The van der Waals surface area contributed by atoms with E-state index in [0.29, 0.717) is 22.1 Å². The van der Waals surface area contributed by atoms with Crippen LogP contribution in [-0.2, 0) is 4.79 Å². The molecule has 0 bridgehead atoms. The topological polar surface area (TPSA) is 55.0 Å². The number of nitrogens with zero attached hydrogens (tertiary/aromatic N) is 1. The summed E-state index contributed by atoms with van der Waals surface area (Å²) in [7, 11) is 0. The molecule has 0 spiro atoms. The number of nitrogens with one attached hydrogen (secondary N) is 1. The molecule has 1 N–H and O–H groups in total. The summed E-state index contributed by atoms with van der Waals surface area (Å²) in [5.41, 5.74) is 1.80. The fourth-order valence-electron chi connectivity index (χ4n) is 2.30. The van der Waals surface area contributed by atoms with Crippen LogP contribution in [0.1, 0.15) is 5.69 Å². The average molecular weight is 344 g/mol. The van der Waals surface area contributed by atoms with Crippen molar-refractivity contribution in [3.8, 4) is 5.75 Å². The predicted molar refractivity (Wildman–Crippen MR) is 75.0 cm³/mol. The summed E-state index contributed by atoms with van der Waals surface area (Å²) in [6, 6.07) is 5.52. The molecule has 0 aliphatic carbocycles. The van der Waals surface area contributed by atoms with Crippen molar-refractivity contribution in [1.82, 2.24) is 9.97 Å². The Morgan fingerprint density at radius 3 is 2.50 bits per heavy atom. The highest BCUT2D eigenvalue weighted by atomic mass is 19.4. The zero-order valence-electron chi connectivity index (χ0n) is 12.0. The van der Waals surface area contributed by atoms with Crippen molar-refractivity contribution in [3.63, 3.8) is 0 Å². The largest absolute Gasteiger partial charge is 0.465 e. The Hall–Kier alpha value is -2.71. The lowest BCUT2D eigenvalue weighted by molar-refractivity contribution is -0.276. The molecule has 0 aliphatic heterocycles. The maximum Gasteiger partial charge on any atom is 0.465 e. The predicted octanol–water partition coefficient (Wildman–Crippen LogP) is 4.13. The van der Waals surface area contributed by atoms with E-state index in [2.05, 4.69) is 14.7 Å². The molecule has 0 radical (unpaired) electrons. The average Bonchev–Trinajstić information content (AvgIpc) is 2.85. The minimum absolute atomic E-state index is 0.418. The molecule has 0 amide bonds. The van der Waals surface area contributed by atoms with Crippen molar-refractivity contribution in [3.05, 3.63) is 36.2 Å². The number of aromatic amines is 1. The number of fused-ring (bicyclic) bond motifs is 3. The number of rotatable bonds is 2. The third kappa shape index (κ3) is 2.45. The van der Waals surface area contributed by atoms with Crippen LogP contribution in [0.25, 0.3) is 21.8 Å². The third-order valence-corrected chi connectivity index (χ3v) is 3.50. The minimum atomic E-state index is -6.02. The molecule has 2 heterocycles. The molecule has 0 saturated carbocycles. The van der Waals surface area contributed by atoms with Gasteiger partial charge in [0.15, 0.2) is 0 Å². The molecule has 3 rings (SSSR count). The van der Waals surface area contributed by atoms with Gasteiger partial charge in [0.1, 0.15) is 5.75 Å². The highest BCUT2D eigenvalue weighted by molar-refractivity contribution is 6.08. The Bertz CT molecular complexity index is 946. The third-order valence-electron chi connectivity index (χ3n) is 3.50. The molecule has 4 nitrogen and oxygen atoms in total. The first kappa shape index (κ1) is 16.2. The summed E-state index contributed by atoms with van der Waals surface area (Å²) < 4.78 is 66.5. The van der Waals surface area contributed by atoms with Gasteiger partial charge in [-0.25, -0.2) is 4.79 Å². The molecular formula is C15H9F5N2O2. The van der Waals surface area contributed by atoms with Crippen LogP contribution in [0, 0.1) is 6.92 Å². The molecule has 3 aromatic rings. The quantitative estimate of drug-likeness (QED) is 0.432. The number of aryl methyl sites for hydroxylation is 1. The lowest BCUT2D eigenvalue weighted by atomic mass is 10.1. The zero-order chi connectivity index (χ0) is 17.7. The van der Waals surface area contributed by atoms with Gasteiger partial charge in [-0.3, -0.25) is 4.98 Å². The number of esters is 1. The van der Waals surface area contributed by atoms with Crippen molar-refractivity contribution < 1.29 is 31.5 Å². The molecule has 126 valence electrons. The minimum Gasteiger partial charge on any atom is -0.422 e. The highest BCUT2D eigenvalue weighted by Gasteiger charge is 2.65. The molecule has 9 heteroatoms. The van der Waals surface area contributed by atoms with Crippen LogP contribution >= 0.6 is 0 Å². The van der Waals surface area contributed by atoms with Gasteiger partial charge in [0.25, 0.3) is 0 Å². The van der Waals surface area contributed by atoms with Gasteiger partial charge >= 0.3 is 18.1 Å². The number of halogens is 5. The molecular weight excluding hydrogens is 335 g/mol. The summed E-state index contributed by atoms with van der Waals surface area (Å²) in [4.78, 5) is 18.2. The van der Waals surface area contributed by atoms with Crippen LogP contribution in [0.15, 0.2) is 30.5 Å². The van der Waals surface area contributed by atoms with Crippen LogP contribution in [0.3, 0.4) is 0 Å². The van der Waals surface area contributed by atoms with Crippen LogP contribution in [0.2, 0.25) is 0 Å². The fourth-order valence-corrected chi connectivity index (χ4v) is 2.30. The van der Waals surface area contributed by atoms with Crippen molar-refractivity contribution in [2.45, 2.75) is 19.0 Å². The van der Waals surface area contributed by atoms with Gasteiger partial charge in [0, 0.05) is 23.0 Å². The number of pyridine rings is 1. The molecule has 0 unspecified atom stereocenters. The summed E-state index contributed by atoms with van der Waals surface area (Å²) in [6.07, 6.45) is -4.43. The Balaban J connectivity index is 1.99. The first-order chi connectivity index (χ1) is 11.1. The Labute approximate surface area is 131 Å². The lowest BCUT2D eigenvalue weighted by Gasteiger charge is -2.17. The number of H-pyrrole nitrogens is 1. The number of benzene rings is 1. The molecule has 2 aromatic heterocycles. The first-order valence-corrected chi connectivity index (χ1v) is 6.65. The zero-order valence-corrected chi connectivity index (χ0v) is 12.0. The first-order valence-electron chi connectivity index (χ1n) is 6.65. The monoisotopic (exact) mass is 344 g/mol. The number of hydrogen-bond acceptors (Lipinski definition) is 3. The SMILES string of the molecule is Cc1nccc2c1[nH]c1cc(OC(=O)C(F)(F)C(F)(F)F)ccc12. The maximum atomic E-state index is 12.9. The number of aromatic nitrogens is 2. The van der Waals surface area contributed by atoms with Crippen molar-refractivity contribution in [1.29, 1.82) is 0 Å². The second kappa shape index (κ2) is 5.15. The van der Waals surface area contributed by atoms with E-state index in [9.17, 15) is 26.7 Å². The standard InChI is InChI=1S/C15H9F5N2O2/c1-7-12-10(4-5-21-7)9-3-2-8(6-11(9)22-12)24-13(23)14(16,17)15(18,19)20/h2-6,22H,1H3. The molecule has 0 aliphatic rings. The van der Waals surface area contributed by atoms with Gasteiger partial charge in [-0.1, -0.05) is 0 Å². The van der Waals surface area contributed by atoms with Crippen LogP contribution in [-0.4, -0.2) is 28.0 Å². The van der Waals surface area contributed by atoms with Crippen molar-refractivity contribution in [2.75, 3.05) is 0 Å². The highest BCUT2D eigenvalue weighted by Crippen LogP contribution is 2.37. The smallest absolute Gasteiger partial charge is 0.422 e. The van der Waals surface area contributed by atoms with E-state index in [-0.39, 0.29) is 0 Å². The Kier molecular flexibility index (Phi) is 3.47. The van der Waals surface area contributed by atoms with E-state index in [1.54, 1.807) is 19.2 Å². The van der Waals surface area contributed by atoms with E-state index in [1.807, 2.05) is 0 Å². The fraction of sp³-hybridized carbons (Fsp3) is 0.200. The van der Waals surface area contributed by atoms with Crippen molar-refractivity contribution in [2.24, 2.45) is 0 Å². The number of carbonyl (C=O) groups is 1. The second-order valence-electron chi connectivity index (χ2n) is 5.11. The lowest BCUT2D eigenvalue weighted by Crippen LogP contribution is -2.46. The Morgan fingerprint density at radius 2 is 1.83 bits per heavy atom. The number of ether oxygens (including phenoxy) is 1. The van der Waals surface area contributed by atoms with Crippen LogP contribution in [0.4, 0.5) is 22.0 Å². The number of hydrogen-bond donors (Lipinski definition) is 1. The van der Waals surface area contributed by atoms with Gasteiger partial charge < -0.3 is 9.72 Å². The van der Waals surface area contributed by atoms with Gasteiger partial charge in [-0.05, 0) is 25.1 Å². The normalized spacial score (nSPS) is 12.8. The molecule has 1 aromatic carbocycles. The molecule has 0 saturated heterocycles. The van der Waals surface area contributed by atoms with Gasteiger partial charge in [-0.2, -0.15) is 22.0 Å². The van der Waals surface area contributed by atoms with Gasteiger partial charge in [-0.15, -0.1) is 0 Å². The number of alkyl halides is 5. The molecule has 0 fully saturated rings. The van der Waals surface area contributed by atoms with Crippen LogP contribution in [0.5, 0.6) is 5.75 Å². The van der Waals surface area contributed by atoms with Crippen LogP contribution < -0.4 is 4.74 Å². The van der Waals surface area contributed by atoms with Crippen molar-refractivity contribution >= 4 is 27.8 Å².